The molecule has 0 bridgehead atoms. The minimum absolute atomic E-state index is 0.317. The molecule has 0 amide bonds. The molecule has 0 aliphatic rings. The molecule has 0 aromatic carbocycles. The summed E-state index contributed by atoms with van der Waals surface area (Å²) in [5.41, 5.74) is 5.48. The van der Waals surface area contributed by atoms with E-state index in [-0.39, 0.29) is 0 Å². The second kappa shape index (κ2) is 4.85. The van der Waals surface area contributed by atoms with Crippen LogP contribution in [0, 0.1) is 0 Å². The molecule has 2 N–H and O–H groups in total. The summed E-state index contributed by atoms with van der Waals surface area (Å²) in [5.74, 6) is 0. The van der Waals surface area contributed by atoms with Crippen molar-refractivity contribution >= 4 is 0 Å². The Hall–Kier alpha value is -0.300. The lowest BCUT2D eigenvalue weighted by atomic mass is 10.2. The highest BCUT2D eigenvalue weighted by atomic mass is 14.6. The van der Waals surface area contributed by atoms with Crippen LogP contribution in [0.2, 0.25) is 0 Å². The van der Waals surface area contributed by atoms with Crippen molar-refractivity contribution < 1.29 is 0 Å². The topological polar surface area (TPSA) is 26.0 Å². The van der Waals surface area contributed by atoms with Gasteiger partial charge in [0.1, 0.15) is 0 Å². The highest BCUT2D eigenvalue weighted by molar-refractivity contribution is 4.82. The van der Waals surface area contributed by atoms with Crippen molar-refractivity contribution in [3.8, 4) is 0 Å². The van der Waals surface area contributed by atoms with E-state index in [1.807, 2.05) is 6.92 Å². The predicted octanol–water partition coefficient (Wildman–Crippen LogP) is 1.69. The van der Waals surface area contributed by atoms with Crippen LogP contribution in [0.1, 0.15) is 26.7 Å². The van der Waals surface area contributed by atoms with Gasteiger partial charge in [-0.2, -0.15) is 0 Å². The molecule has 0 heterocycles. The van der Waals surface area contributed by atoms with Crippen LogP contribution >= 0.6 is 0 Å². The standard InChI is InChI=1S/C7H15N/c1-3-4-5-6-7(2)8/h4-5,7H,3,6,8H2,1-2H3/b5-4-. The lowest BCUT2D eigenvalue weighted by molar-refractivity contribution is 0.755. The quantitative estimate of drug-likeness (QED) is 0.554. The Morgan fingerprint density at radius 3 is 2.50 bits per heavy atom. The smallest absolute Gasteiger partial charge is 0.00449 e. The average molecular weight is 113 g/mol. The Kier molecular flexibility index (Phi) is 4.67. The SMILES string of the molecule is CC/C=C\CC(C)N. The van der Waals surface area contributed by atoms with Crippen molar-refractivity contribution in [2.45, 2.75) is 32.7 Å². The zero-order chi connectivity index (χ0) is 6.41. The first-order valence-electron chi connectivity index (χ1n) is 3.18. The van der Waals surface area contributed by atoms with Crippen LogP contribution in [0.4, 0.5) is 0 Å². The number of nitrogens with two attached hydrogens (primary N) is 1. The summed E-state index contributed by atoms with van der Waals surface area (Å²) in [4.78, 5) is 0. The molecule has 0 aromatic heterocycles. The zero-order valence-corrected chi connectivity index (χ0v) is 5.72. The van der Waals surface area contributed by atoms with Crippen molar-refractivity contribution in [2.75, 3.05) is 0 Å². The molecule has 1 heteroatoms. The monoisotopic (exact) mass is 113 g/mol. The van der Waals surface area contributed by atoms with Crippen LogP contribution in [0.3, 0.4) is 0 Å². The molecule has 0 aliphatic carbocycles. The molecule has 0 aliphatic heterocycles. The van der Waals surface area contributed by atoms with E-state index in [9.17, 15) is 0 Å². The van der Waals surface area contributed by atoms with E-state index in [0.717, 1.165) is 12.8 Å². The normalized spacial score (nSPS) is 14.9. The van der Waals surface area contributed by atoms with Gasteiger partial charge >= 0.3 is 0 Å². The number of hydrogen-bond donors (Lipinski definition) is 1. The average Bonchev–Trinajstić information content (AvgIpc) is 1.66. The third kappa shape index (κ3) is 5.70. The number of rotatable bonds is 3. The number of allylic oxidation sites excluding steroid dienone is 1. The number of hydrogen-bond acceptors (Lipinski definition) is 1. The van der Waals surface area contributed by atoms with E-state index in [1.165, 1.54) is 0 Å². The first-order valence-corrected chi connectivity index (χ1v) is 3.18. The maximum atomic E-state index is 5.48. The van der Waals surface area contributed by atoms with Crippen LogP contribution in [0.25, 0.3) is 0 Å². The van der Waals surface area contributed by atoms with Gasteiger partial charge in [-0.25, -0.2) is 0 Å². The van der Waals surface area contributed by atoms with E-state index in [4.69, 9.17) is 5.73 Å². The third-order valence-electron chi connectivity index (χ3n) is 0.910. The first-order chi connectivity index (χ1) is 3.77. The van der Waals surface area contributed by atoms with E-state index >= 15 is 0 Å². The van der Waals surface area contributed by atoms with Gasteiger partial charge in [0.25, 0.3) is 0 Å². The largest absolute Gasteiger partial charge is 0.328 e. The summed E-state index contributed by atoms with van der Waals surface area (Å²) >= 11 is 0. The molecular formula is C7H15N. The zero-order valence-electron chi connectivity index (χ0n) is 5.72. The third-order valence-corrected chi connectivity index (χ3v) is 0.910. The van der Waals surface area contributed by atoms with Crippen LogP contribution in [0.15, 0.2) is 12.2 Å². The van der Waals surface area contributed by atoms with Crippen molar-refractivity contribution in [3.63, 3.8) is 0 Å². The minimum Gasteiger partial charge on any atom is -0.328 e. The van der Waals surface area contributed by atoms with E-state index in [0.29, 0.717) is 6.04 Å². The Morgan fingerprint density at radius 2 is 2.12 bits per heavy atom. The van der Waals surface area contributed by atoms with E-state index < -0.39 is 0 Å². The van der Waals surface area contributed by atoms with Gasteiger partial charge in [0.15, 0.2) is 0 Å². The molecule has 0 aromatic rings. The van der Waals surface area contributed by atoms with Crippen molar-refractivity contribution in [3.05, 3.63) is 12.2 Å². The van der Waals surface area contributed by atoms with Gasteiger partial charge in [0, 0.05) is 6.04 Å². The fraction of sp³-hybridized carbons (Fsp3) is 0.714. The first kappa shape index (κ1) is 7.70. The summed E-state index contributed by atoms with van der Waals surface area (Å²) in [6.07, 6.45) is 6.40. The van der Waals surface area contributed by atoms with Crippen molar-refractivity contribution in [2.24, 2.45) is 5.73 Å². The molecule has 0 saturated heterocycles. The maximum Gasteiger partial charge on any atom is 0.00449 e. The van der Waals surface area contributed by atoms with Gasteiger partial charge in [-0.3, -0.25) is 0 Å². The molecular weight excluding hydrogens is 98.1 g/mol. The fourth-order valence-corrected chi connectivity index (χ4v) is 0.478. The summed E-state index contributed by atoms with van der Waals surface area (Å²) in [6, 6.07) is 0.317. The summed E-state index contributed by atoms with van der Waals surface area (Å²) < 4.78 is 0. The van der Waals surface area contributed by atoms with Crippen LogP contribution < -0.4 is 5.73 Å². The Morgan fingerprint density at radius 1 is 1.50 bits per heavy atom. The van der Waals surface area contributed by atoms with E-state index in [2.05, 4.69) is 19.1 Å². The highest BCUT2D eigenvalue weighted by Gasteiger charge is 1.84. The molecule has 0 saturated carbocycles. The van der Waals surface area contributed by atoms with Gasteiger partial charge in [0.2, 0.25) is 0 Å². The van der Waals surface area contributed by atoms with Gasteiger partial charge in [-0.05, 0) is 19.8 Å². The van der Waals surface area contributed by atoms with E-state index in [1.54, 1.807) is 0 Å². The van der Waals surface area contributed by atoms with Crippen LogP contribution in [-0.2, 0) is 0 Å². The summed E-state index contributed by atoms with van der Waals surface area (Å²) in [7, 11) is 0. The lowest BCUT2D eigenvalue weighted by Crippen LogP contribution is -2.12. The van der Waals surface area contributed by atoms with Crippen molar-refractivity contribution in [1.82, 2.24) is 0 Å². The van der Waals surface area contributed by atoms with Gasteiger partial charge in [-0.15, -0.1) is 0 Å². The molecule has 8 heavy (non-hydrogen) atoms. The molecule has 0 rings (SSSR count). The van der Waals surface area contributed by atoms with Gasteiger partial charge < -0.3 is 5.73 Å². The van der Waals surface area contributed by atoms with Gasteiger partial charge in [0.05, 0.1) is 0 Å². The summed E-state index contributed by atoms with van der Waals surface area (Å²) in [5, 5.41) is 0. The van der Waals surface area contributed by atoms with Crippen molar-refractivity contribution in [1.29, 1.82) is 0 Å². The molecule has 0 fully saturated rings. The highest BCUT2D eigenvalue weighted by Crippen LogP contribution is 1.88. The second-order valence-corrected chi connectivity index (χ2v) is 2.09. The molecule has 0 spiro atoms. The molecule has 1 atom stereocenters. The van der Waals surface area contributed by atoms with Gasteiger partial charge in [-0.1, -0.05) is 19.1 Å². The molecule has 1 unspecified atom stereocenters. The Bertz CT molecular complexity index is 64.8. The maximum absolute atomic E-state index is 5.48. The molecule has 0 radical (unpaired) electrons. The van der Waals surface area contributed by atoms with Crippen LogP contribution in [-0.4, -0.2) is 6.04 Å². The molecule has 48 valence electrons. The second-order valence-electron chi connectivity index (χ2n) is 2.09. The lowest BCUT2D eigenvalue weighted by Gasteiger charge is -1.95. The fourth-order valence-electron chi connectivity index (χ4n) is 0.478. The Labute approximate surface area is 51.6 Å². The predicted molar refractivity (Wildman–Crippen MR) is 37.7 cm³/mol. The summed E-state index contributed by atoms with van der Waals surface area (Å²) in [6.45, 7) is 4.14. The van der Waals surface area contributed by atoms with Crippen LogP contribution in [0.5, 0.6) is 0 Å². The Balaban J connectivity index is 3.03. The molecule has 1 nitrogen and oxygen atoms in total. The minimum atomic E-state index is 0.317.